The maximum absolute atomic E-state index is 13.7. The largest absolute Gasteiger partial charge is 0.481 e. The molecule has 2 aromatic rings. The van der Waals surface area contributed by atoms with Crippen LogP contribution in [0.1, 0.15) is 55.3 Å². The van der Waals surface area contributed by atoms with Gasteiger partial charge in [0.05, 0.1) is 48.4 Å². The summed E-state index contributed by atoms with van der Waals surface area (Å²) in [5.41, 5.74) is 11.5. The first-order valence-electron chi connectivity index (χ1n) is 15.5. The Morgan fingerprint density at radius 1 is 1.08 bits per heavy atom. The number of amides is 6. The number of carbonyl (C=O) groups excluding carboxylic acids is 6. The van der Waals surface area contributed by atoms with E-state index in [9.17, 15) is 42.3 Å². The summed E-state index contributed by atoms with van der Waals surface area (Å²) in [6, 6.07) is 3.99. The van der Waals surface area contributed by atoms with Crippen molar-refractivity contribution in [3.63, 3.8) is 0 Å². The number of carbonyl (C=O) groups is 7. The van der Waals surface area contributed by atoms with E-state index in [1.807, 2.05) is 0 Å². The third-order valence-corrected chi connectivity index (χ3v) is 7.65. The molecule has 2 heterocycles. The number of nitrogens with zero attached hydrogens (tertiary/aromatic N) is 3. The Balaban J connectivity index is 1.43. The van der Waals surface area contributed by atoms with Crippen LogP contribution in [-0.4, -0.2) is 100 Å². The summed E-state index contributed by atoms with van der Waals surface area (Å²) >= 11 is 0. The summed E-state index contributed by atoms with van der Waals surface area (Å²) in [6.07, 6.45) is 0.555. The van der Waals surface area contributed by atoms with Crippen LogP contribution in [0.25, 0.3) is 10.9 Å². The standard InChI is InChI=1S/C31H37F2N9O8/c32-31(33)13-17(14-34)42(16-31)25(45)15-39-29(49)19-9-11-38-27-18(19)4-3-6-21(27)40-24(44)8-7-23(43)37-10-2-1-5-20(35)30(50)41-22(28(36)48)12-26(46)47/h3-4,6,9,11,17,20,22H,1-2,5,7-8,10,12-13,15-16,35H2,(H2,36,48)(H,37,43)(H,39,49)(H,40,44)(H,41,50)(H,46,47)/t17-,20-,22-/m0/s1. The molecule has 19 heteroatoms. The lowest BCUT2D eigenvalue weighted by atomic mass is 10.1. The third kappa shape index (κ3) is 11.2. The van der Waals surface area contributed by atoms with Crippen molar-refractivity contribution in [1.82, 2.24) is 25.8 Å². The number of likely N-dealkylation sites (tertiary alicyclic amines) is 1. The maximum atomic E-state index is 13.7. The van der Waals surface area contributed by atoms with E-state index >= 15 is 0 Å². The third-order valence-electron chi connectivity index (χ3n) is 7.65. The fourth-order valence-electron chi connectivity index (χ4n) is 5.07. The van der Waals surface area contributed by atoms with E-state index in [4.69, 9.17) is 21.8 Å². The SMILES string of the molecule is N#C[C@@H]1CC(F)(F)CN1C(=O)CNC(=O)c1ccnc2c(NC(=O)CCC(=O)NCCCC[C@H](N)C(=O)N[C@@H](CC(=O)O)C(N)=O)cccc12. The average molecular weight is 702 g/mol. The number of hydrogen-bond donors (Lipinski definition) is 7. The molecule has 0 unspecified atom stereocenters. The van der Waals surface area contributed by atoms with Gasteiger partial charge >= 0.3 is 5.97 Å². The molecule has 0 aliphatic carbocycles. The number of benzene rings is 1. The van der Waals surface area contributed by atoms with Gasteiger partial charge in [-0.15, -0.1) is 0 Å². The molecule has 3 rings (SSSR count). The van der Waals surface area contributed by atoms with Crippen molar-refractivity contribution in [2.45, 2.75) is 69.0 Å². The fourth-order valence-corrected chi connectivity index (χ4v) is 5.07. The number of aromatic nitrogens is 1. The molecule has 1 aromatic heterocycles. The number of unbranched alkanes of at least 4 members (excludes halogenated alkanes) is 1. The van der Waals surface area contributed by atoms with Gasteiger partial charge in [0, 0.05) is 37.4 Å². The predicted octanol–water partition coefficient (Wildman–Crippen LogP) is -0.498. The first-order valence-corrected chi connectivity index (χ1v) is 15.5. The molecule has 17 nitrogen and oxygen atoms in total. The van der Waals surface area contributed by atoms with Crippen molar-refractivity contribution in [2.75, 3.05) is 25.0 Å². The first kappa shape index (κ1) is 38.7. The number of carboxylic acids is 1. The van der Waals surface area contributed by atoms with Crippen LogP contribution in [0.3, 0.4) is 0 Å². The van der Waals surface area contributed by atoms with Gasteiger partial charge in [-0.25, -0.2) is 8.78 Å². The molecule has 1 saturated heterocycles. The van der Waals surface area contributed by atoms with Crippen LogP contribution in [0.5, 0.6) is 0 Å². The lowest BCUT2D eigenvalue weighted by Crippen LogP contribution is -2.51. The Bertz CT molecular complexity index is 1680. The minimum absolute atomic E-state index is 0.0940. The minimum Gasteiger partial charge on any atom is -0.481 e. The molecule has 6 amide bonds. The lowest BCUT2D eigenvalue weighted by Gasteiger charge is -2.19. The topological polar surface area (TPSA) is 280 Å². The zero-order chi connectivity index (χ0) is 37.0. The van der Waals surface area contributed by atoms with E-state index in [0.29, 0.717) is 18.2 Å². The van der Waals surface area contributed by atoms with Crippen LogP contribution in [-0.2, 0) is 28.8 Å². The van der Waals surface area contributed by atoms with Crippen LogP contribution >= 0.6 is 0 Å². The zero-order valence-electron chi connectivity index (χ0n) is 26.7. The molecule has 0 bridgehead atoms. The Kier molecular flexibility index (Phi) is 13.6. The number of aliphatic carboxylic acids is 1. The Morgan fingerprint density at radius 2 is 1.80 bits per heavy atom. The molecule has 268 valence electrons. The highest BCUT2D eigenvalue weighted by Crippen LogP contribution is 2.31. The molecule has 0 spiro atoms. The number of halogens is 2. The van der Waals surface area contributed by atoms with Crippen molar-refractivity contribution in [2.24, 2.45) is 11.5 Å². The molecule has 9 N–H and O–H groups in total. The summed E-state index contributed by atoms with van der Waals surface area (Å²) in [6.45, 7) is -1.30. The normalized spacial score (nSPS) is 16.0. The highest BCUT2D eigenvalue weighted by atomic mass is 19.3. The van der Waals surface area contributed by atoms with Crippen LogP contribution in [0.4, 0.5) is 14.5 Å². The van der Waals surface area contributed by atoms with Gasteiger partial charge in [-0.1, -0.05) is 12.1 Å². The minimum atomic E-state index is -3.20. The van der Waals surface area contributed by atoms with Gasteiger partial charge in [0.25, 0.3) is 11.8 Å². The second-order valence-corrected chi connectivity index (χ2v) is 11.5. The number of alkyl halides is 2. The number of anilines is 1. The van der Waals surface area contributed by atoms with Gasteiger partial charge in [0.15, 0.2) is 0 Å². The smallest absolute Gasteiger partial charge is 0.305 e. The molecule has 0 radical (unpaired) electrons. The van der Waals surface area contributed by atoms with Crippen LogP contribution < -0.4 is 32.7 Å². The van der Waals surface area contributed by atoms with E-state index in [1.165, 1.54) is 12.3 Å². The van der Waals surface area contributed by atoms with E-state index in [-0.39, 0.29) is 42.6 Å². The monoisotopic (exact) mass is 701 g/mol. The highest BCUT2D eigenvalue weighted by Gasteiger charge is 2.47. The van der Waals surface area contributed by atoms with Crippen LogP contribution in [0.2, 0.25) is 0 Å². The van der Waals surface area contributed by atoms with E-state index in [0.717, 1.165) is 4.90 Å². The number of nitrogens with two attached hydrogens (primary N) is 2. The van der Waals surface area contributed by atoms with Gasteiger partial charge < -0.3 is 42.7 Å². The van der Waals surface area contributed by atoms with Gasteiger partial charge in [-0.2, -0.15) is 5.26 Å². The number of nitriles is 1. The predicted molar refractivity (Wildman–Crippen MR) is 171 cm³/mol. The molecule has 1 aromatic carbocycles. The molecular formula is C31H37F2N9O8. The molecule has 0 saturated carbocycles. The Labute approximate surface area is 284 Å². The van der Waals surface area contributed by atoms with Crippen molar-refractivity contribution in [3.8, 4) is 6.07 Å². The van der Waals surface area contributed by atoms with Gasteiger partial charge in [-0.05, 0) is 31.4 Å². The maximum Gasteiger partial charge on any atom is 0.305 e. The van der Waals surface area contributed by atoms with Gasteiger partial charge in [0.1, 0.15) is 12.1 Å². The summed E-state index contributed by atoms with van der Waals surface area (Å²) in [7, 11) is 0. The first-order chi connectivity index (χ1) is 23.6. The van der Waals surface area contributed by atoms with Crippen molar-refractivity contribution in [1.29, 1.82) is 5.26 Å². The molecule has 3 atom stereocenters. The number of nitrogens with one attached hydrogen (secondary N) is 4. The molecule has 1 fully saturated rings. The number of para-hydroxylation sites is 1. The number of carboxylic acid groups (broad SMARTS) is 1. The van der Waals surface area contributed by atoms with Gasteiger partial charge in [-0.3, -0.25) is 38.5 Å². The quantitative estimate of drug-likeness (QED) is 0.103. The molecule has 1 aliphatic rings. The molecular weight excluding hydrogens is 664 g/mol. The second-order valence-electron chi connectivity index (χ2n) is 11.5. The van der Waals surface area contributed by atoms with E-state index in [2.05, 4.69) is 26.3 Å². The Morgan fingerprint density at radius 3 is 2.48 bits per heavy atom. The highest BCUT2D eigenvalue weighted by molar-refractivity contribution is 6.10. The van der Waals surface area contributed by atoms with Crippen LogP contribution in [0.15, 0.2) is 30.5 Å². The second kappa shape index (κ2) is 17.6. The van der Waals surface area contributed by atoms with E-state index in [1.54, 1.807) is 24.3 Å². The van der Waals surface area contributed by atoms with Crippen molar-refractivity contribution >= 4 is 58.0 Å². The van der Waals surface area contributed by atoms with Crippen LogP contribution in [0, 0.1) is 11.3 Å². The summed E-state index contributed by atoms with van der Waals surface area (Å²) in [5.74, 6) is -8.72. The van der Waals surface area contributed by atoms with Gasteiger partial charge in [0.2, 0.25) is 29.5 Å². The van der Waals surface area contributed by atoms with Crippen molar-refractivity contribution < 1.29 is 47.4 Å². The number of rotatable bonds is 17. The molecule has 50 heavy (non-hydrogen) atoms. The number of pyridine rings is 1. The number of hydrogen-bond acceptors (Lipinski definition) is 10. The average Bonchev–Trinajstić information content (AvgIpc) is 3.39. The fraction of sp³-hybridized carbons (Fsp3) is 0.452. The zero-order valence-corrected chi connectivity index (χ0v) is 26.7. The number of fused-ring (bicyclic) bond motifs is 1. The molecule has 1 aliphatic heterocycles. The van der Waals surface area contributed by atoms with E-state index < -0.39 is 91.4 Å². The number of primary amides is 1. The summed E-state index contributed by atoms with van der Waals surface area (Å²) in [5, 5.41) is 28.1. The van der Waals surface area contributed by atoms with Crippen molar-refractivity contribution in [3.05, 3.63) is 36.0 Å². The lowest BCUT2D eigenvalue weighted by molar-refractivity contribution is -0.140. The summed E-state index contributed by atoms with van der Waals surface area (Å²) in [4.78, 5) is 89.6. The Hall–Kier alpha value is -5.77. The summed E-state index contributed by atoms with van der Waals surface area (Å²) < 4.78 is 27.4.